The zero-order valence-corrected chi connectivity index (χ0v) is 16.0. The van der Waals surface area contributed by atoms with E-state index in [1.165, 1.54) is 5.56 Å². The first-order valence-corrected chi connectivity index (χ1v) is 9.27. The van der Waals surface area contributed by atoms with E-state index in [4.69, 9.17) is 4.74 Å². The number of benzene rings is 3. The molecule has 3 nitrogen and oxygen atoms in total. The molecule has 138 valence electrons. The van der Waals surface area contributed by atoms with Gasteiger partial charge in [-0.3, -0.25) is 4.98 Å². The smallest absolute Gasteiger partial charge is 0.119 e. The van der Waals surface area contributed by atoms with Crippen LogP contribution in [0.2, 0.25) is 0 Å². The molecule has 4 rings (SSSR count). The third-order valence-corrected chi connectivity index (χ3v) is 4.69. The van der Waals surface area contributed by atoms with Gasteiger partial charge in [0.2, 0.25) is 0 Å². The molecule has 28 heavy (non-hydrogen) atoms. The molecule has 4 aromatic rings. The summed E-state index contributed by atoms with van der Waals surface area (Å²) < 4.78 is 5.33. The van der Waals surface area contributed by atoms with Crippen molar-refractivity contribution in [3.8, 4) is 17.0 Å². The Hall–Kier alpha value is -3.59. The Kier molecular flexibility index (Phi) is 5.07. The van der Waals surface area contributed by atoms with Crippen LogP contribution in [0.4, 0.5) is 17.1 Å². The summed E-state index contributed by atoms with van der Waals surface area (Å²) in [7, 11) is 1.68. The van der Waals surface area contributed by atoms with Crippen molar-refractivity contribution < 1.29 is 4.74 Å². The predicted molar refractivity (Wildman–Crippen MR) is 116 cm³/mol. The molecule has 0 aliphatic rings. The second-order valence-corrected chi connectivity index (χ2v) is 6.63. The molecule has 0 N–H and O–H groups in total. The van der Waals surface area contributed by atoms with Gasteiger partial charge in [0.1, 0.15) is 5.75 Å². The molecule has 0 spiro atoms. The topological polar surface area (TPSA) is 25.4 Å². The summed E-state index contributed by atoms with van der Waals surface area (Å²) in [5.41, 5.74) is 6.54. The summed E-state index contributed by atoms with van der Waals surface area (Å²) in [5, 5.41) is 0. The Balaban J connectivity index is 1.82. The van der Waals surface area contributed by atoms with Gasteiger partial charge in [-0.1, -0.05) is 35.9 Å². The zero-order valence-electron chi connectivity index (χ0n) is 16.0. The van der Waals surface area contributed by atoms with Gasteiger partial charge in [0, 0.05) is 28.8 Å². The molecule has 0 atom stereocenters. The summed E-state index contributed by atoms with van der Waals surface area (Å²) >= 11 is 0. The monoisotopic (exact) mass is 366 g/mol. The van der Waals surface area contributed by atoms with E-state index in [0.717, 1.165) is 34.1 Å². The molecule has 0 aliphatic heterocycles. The SMILES string of the molecule is COc1ccc(N(c2ccc(C)cc2)c2cccc(-c3ccccn3)c2)cc1. The fourth-order valence-electron chi connectivity index (χ4n) is 3.21. The highest BCUT2D eigenvalue weighted by atomic mass is 16.5. The fraction of sp³-hybridized carbons (Fsp3) is 0.0800. The third-order valence-electron chi connectivity index (χ3n) is 4.69. The van der Waals surface area contributed by atoms with Gasteiger partial charge in [-0.15, -0.1) is 0 Å². The molecule has 0 saturated heterocycles. The number of ether oxygens (including phenoxy) is 1. The predicted octanol–water partition coefficient (Wildman–Crippen LogP) is 6.54. The normalized spacial score (nSPS) is 10.5. The summed E-state index contributed by atoms with van der Waals surface area (Å²) in [4.78, 5) is 6.74. The molecule has 0 saturated carbocycles. The van der Waals surface area contributed by atoms with Gasteiger partial charge < -0.3 is 9.64 Å². The van der Waals surface area contributed by atoms with E-state index in [0.29, 0.717) is 0 Å². The van der Waals surface area contributed by atoms with Crippen LogP contribution in [0.3, 0.4) is 0 Å². The highest BCUT2D eigenvalue weighted by Crippen LogP contribution is 2.36. The lowest BCUT2D eigenvalue weighted by Gasteiger charge is -2.26. The van der Waals surface area contributed by atoms with Gasteiger partial charge in [0.15, 0.2) is 0 Å². The molecule has 3 heteroatoms. The van der Waals surface area contributed by atoms with Crippen LogP contribution in [0, 0.1) is 6.92 Å². The molecule has 0 unspecified atom stereocenters. The highest BCUT2D eigenvalue weighted by Gasteiger charge is 2.13. The average molecular weight is 366 g/mol. The molecule has 1 aromatic heterocycles. The maximum atomic E-state index is 5.33. The van der Waals surface area contributed by atoms with Crippen molar-refractivity contribution in [3.05, 3.63) is 103 Å². The minimum absolute atomic E-state index is 0.842. The Morgan fingerprint density at radius 2 is 1.43 bits per heavy atom. The van der Waals surface area contributed by atoms with E-state index < -0.39 is 0 Å². The first-order valence-electron chi connectivity index (χ1n) is 9.27. The largest absolute Gasteiger partial charge is 0.497 e. The van der Waals surface area contributed by atoms with Crippen LogP contribution < -0.4 is 9.64 Å². The quantitative estimate of drug-likeness (QED) is 0.401. The second kappa shape index (κ2) is 7.97. The van der Waals surface area contributed by atoms with E-state index in [2.05, 4.69) is 77.5 Å². The van der Waals surface area contributed by atoms with Gasteiger partial charge in [0.05, 0.1) is 12.8 Å². The van der Waals surface area contributed by atoms with Crippen molar-refractivity contribution >= 4 is 17.1 Å². The molecule has 0 fully saturated rings. The second-order valence-electron chi connectivity index (χ2n) is 6.63. The van der Waals surface area contributed by atoms with Crippen LogP contribution >= 0.6 is 0 Å². The summed E-state index contributed by atoms with van der Waals surface area (Å²) in [6.07, 6.45) is 1.82. The molecule has 0 amide bonds. The van der Waals surface area contributed by atoms with E-state index in [-0.39, 0.29) is 0 Å². The van der Waals surface area contributed by atoms with Crippen molar-refractivity contribution in [2.45, 2.75) is 6.92 Å². The first kappa shape index (κ1) is 17.8. The van der Waals surface area contributed by atoms with Crippen LogP contribution in [0.15, 0.2) is 97.2 Å². The Morgan fingerprint density at radius 1 is 0.714 bits per heavy atom. The van der Waals surface area contributed by atoms with Crippen molar-refractivity contribution in [2.75, 3.05) is 12.0 Å². The van der Waals surface area contributed by atoms with Crippen molar-refractivity contribution in [2.24, 2.45) is 0 Å². The molecule has 0 aliphatic carbocycles. The van der Waals surface area contributed by atoms with E-state index in [1.54, 1.807) is 7.11 Å². The van der Waals surface area contributed by atoms with Gasteiger partial charge in [-0.05, 0) is 67.6 Å². The van der Waals surface area contributed by atoms with Crippen molar-refractivity contribution in [1.82, 2.24) is 4.98 Å². The van der Waals surface area contributed by atoms with Gasteiger partial charge in [-0.2, -0.15) is 0 Å². The van der Waals surface area contributed by atoms with Crippen LogP contribution in [0.25, 0.3) is 11.3 Å². The standard InChI is InChI=1S/C25H22N2O/c1-19-9-11-21(12-10-19)27(22-13-15-24(28-2)16-14-22)23-7-5-6-20(18-23)25-8-3-4-17-26-25/h3-18H,1-2H3. The molecule has 0 bridgehead atoms. The number of aromatic nitrogens is 1. The van der Waals surface area contributed by atoms with Crippen LogP contribution in [0.1, 0.15) is 5.56 Å². The Bertz CT molecular complexity index is 1040. The highest BCUT2D eigenvalue weighted by molar-refractivity contribution is 5.79. The summed E-state index contributed by atoms with van der Waals surface area (Å²) in [5.74, 6) is 0.842. The van der Waals surface area contributed by atoms with Gasteiger partial charge >= 0.3 is 0 Å². The van der Waals surface area contributed by atoms with Crippen molar-refractivity contribution in [1.29, 1.82) is 0 Å². The van der Waals surface area contributed by atoms with Crippen LogP contribution in [-0.2, 0) is 0 Å². The number of methoxy groups -OCH3 is 1. The van der Waals surface area contributed by atoms with Gasteiger partial charge in [-0.25, -0.2) is 0 Å². The molecule has 1 heterocycles. The fourth-order valence-corrected chi connectivity index (χ4v) is 3.21. The maximum absolute atomic E-state index is 5.33. The van der Waals surface area contributed by atoms with Gasteiger partial charge in [0.25, 0.3) is 0 Å². The van der Waals surface area contributed by atoms with E-state index in [1.807, 2.05) is 36.5 Å². The minimum atomic E-state index is 0.842. The maximum Gasteiger partial charge on any atom is 0.119 e. The number of nitrogens with zero attached hydrogens (tertiary/aromatic N) is 2. The van der Waals surface area contributed by atoms with E-state index in [9.17, 15) is 0 Å². The van der Waals surface area contributed by atoms with Crippen LogP contribution in [-0.4, -0.2) is 12.1 Å². The Morgan fingerprint density at radius 3 is 2.07 bits per heavy atom. The minimum Gasteiger partial charge on any atom is -0.497 e. The third kappa shape index (κ3) is 3.74. The number of hydrogen-bond donors (Lipinski definition) is 0. The first-order chi connectivity index (χ1) is 13.7. The number of aryl methyl sites for hydroxylation is 1. The summed E-state index contributed by atoms with van der Waals surface area (Å²) in [6, 6.07) is 31.1. The number of hydrogen-bond acceptors (Lipinski definition) is 3. The van der Waals surface area contributed by atoms with Crippen molar-refractivity contribution in [3.63, 3.8) is 0 Å². The average Bonchev–Trinajstić information content (AvgIpc) is 2.77. The summed E-state index contributed by atoms with van der Waals surface area (Å²) in [6.45, 7) is 2.10. The molecular weight excluding hydrogens is 344 g/mol. The molecular formula is C25H22N2O. The van der Waals surface area contributed by atoms with Crippen LogP contribution in [0.5, 0.6) is 5.75 Å². The number of rotatable bonds is 5. The van der Waals surface area contributed by atoms with E-state index >= 15 is 0 Å². The number of pyridine rings is 1. The lowest BCUT2D eigenvalue weighted by Crippen LogP contribution is -2.10. The zero-order chi connectivity index (χ0) is 19.3. The molecule has 0 radical (unpaired) electrons. The Labute approximate surface area is 165 Å². The molecule has 3 aromatic carbocycles. The lowest BCUT2D eigenvalue weighted by molar-refractivity contribution is 0.415. The lowest BCUT2D eigenvalue weighted by atomic mass is 10.1. The number of anilines is 3.